The van der Waals surface area contributed by atoms with Crippen LogP contribution >= 0.6 is 0 Å². The molecule has 6 heteroatoms. The van der Waals surface area contributed by atoms with Crippen LogP contribution in [0.3, 0.4) is 0 Å². The van der Waals surface area contributed by atoms with Gasteiger partial charge >= 0.3 is 0 Å². The van der Waals surface area contributed by atoms with Crippen molar-refractivity contribution in [2.45, 2.75) is 26.8 Å². The van der Waals surface area contributed by atoms with Crippen molar-refractivity contribution in [3.63, 3.8) is 0 Å². The van der Waals surface area contributed by atoms with Crippen molar-refractivity contribution in [1.82, 2.24) is 14.5 Å². The van der Waals surface area contributed by atoms with E-state index in [0.29, 0.717) is 13.0 Å². The fourth-order valence-electron chi connectivity index (χ4n) is 2.22. The van der Waals surface area contributed by atoms with Gasteiger partial charge in [0.1, 0.15) is 0 Å². The molecule has 0 amide bonds. The number of aromatic nitrogens is 2. The van der Waals surface area contributed by atoms with E-state index in [1.165, 1.54) is 0 Å². The van der Waals surface area contributed by atoms with Crippen LogP contribution in [0.25, 0.3) is 0 Å². The zero-order valence-corrected chi connectivity index (χ0v) is 13.4. The molecule has 0 aliphatic carbocycles. The van der Waals surface area contributed by atoms with Gasteiger partial charge in [-0.1, -0.05) is 30.3 Å². The van der Waals surface area contributed by atoms with E-state index in [9.17, 15) is 8.42 Å². The van der Waals surface area contributed by atoms with Crippen LogP contribution < -0.4 is 4.72 Å². The third-order valence-corrected chi connectivity index (χ3v) is 4.96. The molecule has 1 aromatic heterocycles. The zero-order chi connectivity index (χ0) is 15.5. The maximum absolute atomic E-state index is 12.1. The number of benzene rings is 1. The number of nitrogens with one attached hydrogen (secondary N) is 1. The van der Waals surface area contributed by atoms with Gasteiger partial charge in [-0.05, 0) is 25.8 Å². The van der Waals surface area contributed by atoms with Crippen molar-refractivity contribution in [1.29, 1.82) is 0 Å². The molecule has 0 saturated carbocycles. The van der Waals surface area contributed by atoms with Crippen molar-refractivity contribution >= 4 is 10.0 Å². The molecular weight excluding hydrogens is 286 g/mol. The molecular formula is C15H21N3O2S. The minimum atomic E-state index is -3.29. The third kappa shape index (κ3) is 4.15. The van der Waals surface area contributed by atoms with E-state index < -0.39 is 10.0 Å². The van der Waals surface area contributed by atoms with Crippen molar-refractivity contribution < 1.29 is 8.42 Å². The predicted octanol–water partition coefficient (Wildman–Crippen LogP) is 1.70. The molecule has 0 radical (unpaired) electrons. The van der Waals surface area contributed by atoms with Crippen LogP contribution in [0.5, 0.6) is 0 Å². The lowest BCUT2D eigenvalue weighted by Crippen LogP contribution is -2.27. The molecule has 1 N–H and O–H groups in total. The lowest BCUT2D eigenvalue weighted by Gasteiger charge is -2.07. The Kier molecular flexibility index (Phi) is 4.80. The van der Waals surface area contributed by atoms with Crippen molar-refractivity contribution in [3.8, 4) is 0 Å². The second-order valence-corrected chi connectivity index (χ2v) is 7.07. The molecule has 0 bridgehead atoms. The monoisotopic (exact) mass is 307 g/mol. The van der Waals surface area contributed by atoms with Crippen molar-refractivity contribution in [2.24, 2.45) is 7.05 Å². The lowest BCUT2D eigenvalue weighted by molar-refractivity contribution is 0.580. The van der Waals surface area contributed by atoms with E-state index >= 15 is 0 Å². The van der Waals surface area contributed by atoms with Crippen LogP contribution in [-0.2, 0) is 30.0 Å². The highest BCUT2D eigenvalue weighted by Gasteiger charge is 2.14. The molecule has 0 saturated heterocycles. The summed E-state index contributed by atoms with van der Waals surface area (Å²) < 4.78 is 28.6. The normalized spacial score (nSPS) is 11.8. The number of sulfonamides is 1. The van der Waals surface area contributed by atoms with E-state index in [-0.39, 0.29) is 5.75 Å². The topological polar surface area (TPSA) is 64.0 Å². The second kappa shape index (κ2) is 6.41. The first-order chi connectivity index (χ1) is 9.89. The van der Waals surface area contributed by atoms with Gasteiger partial charge in [0.15, 0.2) is 0 Å². The molecule has 0 aliphatic heterocycles. The maximum Gasteiger partial charge on any atom is 0.212 e. The molecule has 0 atom stereocenters. The Bertz CT molecular complexity index is 706. The highest BCUT2D eigenvalue weighted by molar-refractivity contribution is 7.89. The van der Waals surface area contributed by atoms with Gasteiger partial charge in [-0.15, -0.1) is 0 Å². The number of hydrogen-bond donors (Lipinski definition) is 1. The first-order valence-corrected chi connectivity index (χ1v) is 8.54. The van der Waals surface area contributed by atoms with Crippen LogP contribution in [0.2, 0.25) is 0 Å². The van der Waals surface area contributed by atoms with E-state index in [0.717, 1.165) is 22.5 Å². The Hall–Kier alpha value is -1.66. The summed E-state index contributed by atoms with van der Waals surface area (Å²) in [5, 5.41) is 4.29. The van der Waals surface area contributed by atoms with Gasteiger partial charge in [0.25, 0.3) is 0 Å². The summed E-state index contributed by atoms with van der Waals surface area (Å²) in [5.41, 5.74) is 3.82. The summed E-state index contributed by atoms with van der Waals surface area (Å²) in [6, 6.07) is 9.62. The van der Waals surface area contributed by atoms with Gasteiger partial charge in [-0.2, -0.15) is 5.10 Å². The Morgan fingerprint density at radius 1 is 1.19 bits per heavy atom. The summed E-state index contributed by atoms with van der Waals surface area (Å²) in [4.78, 5) is 0. The molecule has 21 heavy (non-hydrogen) atoms. The number of hydrogen-bond acceptors (Lipinski definition) is 3. The molecule has 0 aliphatic rings. The summed E-state index contributed by atoms with van der Waals surface area (Å²) in [5.74, 6) is 0.0926. The van der Waals surface area contributed by atoms with E-state index in [1.54, 1.807) is 4.68 Å². The van der Waals surface area contributed by atoms with E-state index in [2.05, 4.69) is 9.82 Å². The number of nitrogens with zero attached hydrogens (tertiary/aromatic N) is 2. The van der Waals surface area contributed by atoms with Crippen LogP contribution in [0.15, 0.2) is 30.3 Å². The van der Waals surface area contributed by atoms with E-state index in [4.69, 9.17) is 0 Å². The second-order valence-electron chi connectivity index (χ2n) is 5.15. The van der Waals surface area contributed by atoms with Crippen molar-refractivity contribution in [2.75, 3.05) is 5.75 Å². The first-order valence-electron chi connectivity index (χ1n) is 6.89. The Morgan fingerprint density at radius 3 is 2.43 bits per heavy atom. The third-order valence-electron chi connectivity index (χ3n) is 3.63. The van der Waals surface area contributed by atoms with Gasteiger partial charge in [0, 0.05) is 24.8 Å². The summed E-state index contributed by atoms with van der Waals surface area (Å²) in [7, 11) is -1.43. The molecule has 0 spiro atoms. The molecule has 1 heterocycles. The minimum absolute atomic E-state index is 0.0926. The zero-order valence-electron chi connectivity index (χ0n) is 12.6. The summed E-state index contributed by atoms with van der Waals surface area (Å²) in [6.45, 7) is 4.12. The van der Waals surface area contributed by atoms with Crippen LogP contribution in [-0.4, -0.2) is 24.0 Å². The number of aryl methyl sites for hydroxylation is 3. The lowest BCUT2D eigenvalue weighted by atomic mass is 10.2. The highest BCUT2D eigenvalue weighted by Crippen LogP contribution is 2.12. The summed E-state index contributed by atoms with van der Waals surface area (Å²) >= 11 is 0. The minimum Gasteiger partial charge on any atom is -0.272 e. The van der Waals surface area contributed by atoms with Gasteiger partial charge in [-0.3, -0.25) is 4.68 Å². The average Bonchev–Trinajstić information content (AvgIpc) is 2.69. The number of rotatable bonds is 6. The largest absolute Gasteiger partial charge is 0.272 e. The average molecular weight is 307 g/mol. The Morgan fingerprint density at radius 2 is 1.86 bits per heavy atom. The fraction of sp³-hybridized carbons (Fsp3) is 0.400. The van der Waals surface area contributed by atoms with Gasteiger partial charge in [0.05, 0.1) is 11.4 Å². The standard InChI is InChI=1S/C15H21N3O2S/c1-12-15(13(2)18(3)17-12)11-16-21(19,20)10-9-14-7-5-4-6-8-14/h4-8,16H,9-11H2,1-3H3. The smallest absolute Gasteiger partial charge is 0.212 e. The van der Waals surface area contributed by atoms with Gasteiger partial charge in [-0.25, -0.2) is 13.1 Å². The Labute approximate surface area is 126 Å². The van der Waals surface area contributed by atoms with Gasteiger partial charge in [0.2, 0.25) is 10.0 Å². The molecule has 114 valence electrons. The molecule has 5 nitrogen and oxygen atoms in total. The fourth-order valence-corrected chi connectivity index (χ4v) is 3.24. The predicted molar refractivity (Wildman–Crippen MR) is 83.5 cm³/mol. The van der Waals surface area contributed by atoms with Crippen molar-refractivity contribution in [3.05, 3.63) is 52.8 Å². The molecule has 2 aromatic rings. The highest BCUT2D eigenvalue weighted by atomic mass is 32.2. The molecule has 0 unspecified atom stereocenters. The SMILES string of the molecule is Cc1nn(C)c(C)c1CNS(=O)(=O)CCc1ccccc1. The molecule has 1 aromatic carbocycles. The van der Waals surface area contributed by atoms with Crippen LogP contribution in [0.4, 0.5) is 0 Å². The molecule has 2 rings (SSSR count). The first kappa shape index (κ1) is 15.7. The van der Waals surface area contributed by atoms with Crippen LogP contribution in [0, 0.1) is 13.8 Å². The van der Waals surface area contributed by atoms with Crippen LogP contribution in [0.1, 0.15) is 22.5 Å². The van der Waals surface area contributed by atoms with Gasteiger partial charge < -0.3 is 0 Å². The molecule has 0 fully saturated rings. The quantitative estimate of drug-likeness (QED) is 0.883. The summed E-state index contributed by atoms with van der Waals surface area (Å²) in [6.07, 6.45) is 0.515. The Balaban J connectivity index is 1.95. The van der Waals surface area contributed by atoms with E-state index in [1.807, 2.05) is 51.2 Å². The maximum atomic E-state index is 12.1.